The van der Waals surface area contributed by atoms with Crippen molar-refractivity contribution in [3.05, 3.63) is 29.3 Å². The second-order valence-electron chi connectivity index (χ2n) is 2.44. The van der Waals surface area contributed by atoms with E-state index in [9.17, 15) is 9.59 Å². The minimum atomic E-state index is -0.564. The highest BCUT2D eigenvalue weighted by molar-refractivity contribution is 5.95. The molecule has 2 N–H and O–H groups in total. The molecule has 0 saturated heterocycles. The second kappa shape index (κ2) is 3.71. The summed E-state index contributed by atoms with van der Waals surface area (Å²) >= 11 is 0. The molecule has 4 heteroatoms. The van der Waals surface area contributed by atoms with E-state index in [0.29, 0.717) is 23.2 Å². The van der Waals surface area contributed by atoms with E-state index >= 15 is 0 Å². The zero-order valence-electron chi connectivity index (χ0n) is 7.11. The van der Waals surface area contributed by atoms with Crippen LogP contribution in [0.2, 0.25) is 0 Å². The highest BCUT2D eigenvalue weighted by Gasteiger charge is 2.05. The number of methoxy groups -OCH3 is 1. The first kappa shape index (κ1) is 9.25. The topological polar surface area (TPSA) is 69.4 Å². The molecule has 68 valence electrons. The van der Waals surface area contributed by atoms with Gasteiger partial charge >= 0.3 is 0 Å². The molecule has 0 aliphatic heterocycles. The normalized spacial score (nSPS) is 9.31. The molecular formula is C9H9NO3. The maximum absolute atomic E-state index is 10.7. The third-order valence-corrected chi connectivity index (χ3v) is 1.64. The molecular weight excluding hydrogens is 170 g/mol. The number of benzene rings is 1. The van der Waals surface area contributed by atoms with Gasteiger partial charge in [-0.15, -0.1) is 0 Å². The first-order chi connectivity index (χ1) is 6.19. The Hall–Kier alpha value is -1.84. The Morgan fingerprint density at radius 2 is 2.23 bits per heavy atom. The van der Waals surface area contributed by atoms with Gasteiger partial charge < -0.3 is 10.5 Å². The Kier molecular flexibility index (Phi) is 2.64. The van der Waals surface area contributed by atoms with Gasteiger partial charge in [0.2, 0.25) is 5.91 Å². The van der Waals surface area contributed by atoms with E-state index in [1.165, 1.54) is 25.3 Å². The fourth-order valence-corrected chi connectivity index (χ4v) is 0.980. The summed E-state index contributed by atoms with van der Waals surface area (Å²) in [7, 11) is 1.45. The van der Waals surface area contributed by atoms with Crippen LogP contribution in [0.1, 0.15) is 20.7 Å². The zero-order chi connectivity index (χ0) is 9.84. The molecule has 1 aromatic rings. The molecule has 0 atom stereocenters. The predicted octanol–water partition coefficient (Wildman–Crippen LogP) is 0.607. The summed E-state index contributed by atoms with van der Waals surface area (Å²) in [6.07, 6.45) is 0.616. The van der Waals surface area contributed by atoms with E-state index in [4.69, 9.17) is 10.5 Å². The highest BCUT2D eigenvalue weighted by atomic mass is 16.5. The van der Waals surface area contributed by atoms with Crippen LogP contribution in [0.5, 0.6) is 5.75 Å². The van der Waals surface area contributed by atoms with Gasteiger partial charge in [0.05, 0.1) is 12.7 Å². The van der Waals surface area contributed by atoms with Crippen LogP contribution in [0, 0.1) is 0 Å². The van der Waals surface area contributed by atoms with Crippen molar-refractivity contribution in [2.75, 3.05) is 7.11 Å². The smallest absolute Gasteiger partial charge is 0.248 e. The number of ether oxygens (including phenoxy) is 1. The average Bonchev–Trinajstić information content (AvgIpc) is 2.16. The number of carbonyl (C=O) groups excluding carboxylic acids is 2. The molecule has 1 amide bonds. The summed E-state index contributed by atoms with van der Waals surface area (Å²) in [4.78, 5) is 21.3. The van der Waals surface area contributed by atoms with Crippen molar-refractivity contribution < 1.29 is 14.3 Å². The summed E-state index contributed by atoms with van der Waals surface area (Å²) < 4.78 is 4.89. The number of hydrogen-bond donors (Lipinski definition) is 1. The molecule has 0 bridgehead atoms. The molecule has 0 fully saturated rings. The summed E-state index contributed by atoms with van der Waals surface area (Å²) in [6.45, 7) is 0. The van der Waals surface area contributed by atoms with Crippen LogP contribution in [0.3, 0.4) is 0 Å². The molecule has 0 spiro atoms. The molecule has 1 rings (SSSR count). The van der Waals surface area contributed by atoms with Crippen LogP contribution < -0.4 is 10.5 Å². The Morgan fingerprint density at radius 3 is 2.69 bits per heavy atom. The lowest BCUT2D eigenvalue weighted by Crippen LogP contribution is -2.11. The number of carbonyl (C=O) groups is 2. The summed E-state index contributed by atoms with van der Waals surface area (Å²) in [5.41, 5.74) is 5.65. The van der Waals surface area contributed by atoms with Gasteiger partial charge in [-0.3, -0.25) is 9.59 Å². The van der Waals surface area contributed by atoms with Crippen molar-refractivity contribution in [2.45, 2.75) is 0 Å². The van der Waals surface area contributed by atoms with Gasteiger partial charge in [0.25, 0.3) is 0 Å². The fourth-order valence-electron chi connectivity index (χ4n) is 0.980. The summed E-state index contributed by atoms with van der Waals surface area (Å²) in [6, 6.07) is 4.44. The molecule has 0 saturated carbocycles. The van der Waals surface area contributed by atoms with Crippen molar-refractivity contribution in [3.63, 3.8) is 0 Å². The largest absolute Gasteiger partial charge is 0.496 e. The van der Waals surface area contributed by atoms with E-state index in [0.717, 1.165) is 0 Å². The molecule has 0 aliphatic rings. The standard InChI is InChI=1S/C9H9NO3/c1-13-8-3-2-6(9(10)12)4-7(8)5-11/h2-5H,1H3,(H2,10,12). The van der Waals surface area contributed by atoms with Gasteiger partial charge in [0, 0.05) is 5.56 Å². The fraction of sp³-hybridized carbons (Fsp3) is 0.111. The van der Waals surface area contributed by atoms with E-state index in [2.05, 4.69) is 0 Å². The van der Waals surface area contributed by atoms with Gasteiger partial charge in [-0.1, -0.05) is 0 Å². The van der Waals surface area contributed by atoms with Crippen molar-refractivity contribution >= 4 is 12.2 Å². The predicted molar refractivity (Wildman–Crippen MR) is 46.9 cm³/mol. The van der Waals surface area contributed by atoms with Crippen LogP contribution >= 0.6 is 0 Å². The molecule has 0 aromatic heterocycles. The van der Waals surface area contributed by atoms with Gasteiger partial charge in [-0.25, -0.2) is 0 Å². The van der Waals surface area contributed by atoms with Crippen molar-refractivity contribution in [1.29, 1.82) is 0 Å². The SMILES string of the molecule is COc1ccc(C(N)=O)cc1C=O. The number of rotatable bonds is 3. The molecule has 0 unspecified atom stereocenters. The Bertz CT molecular complexity index is 347. The lowest BCUT2D eigenvalue weighted by Gasteiger charge is -2.03. The quantitative estimate of drug-likeness (QED) is 0.691. The zero-order valence-corrected chi connectivity index (χ0v) is 7.11. The number of aldehydes is 1. The maximum atomic E-state index is 10.7. The van der Waals surface area contributed by atoms with E-state index in [-0.39, 0.29) is 0 Å². The second-order valence-corrected chi connectivity index (χ2v) is 2.44. The number of primary amides is 1. The molecule has 0 aliphatic carbocycles. The number of amides is 1. The Balaban J connectivity index is 3.20. The first-order valence-corrected chi connectivity index (χ1v) is 3.62. The maximum Gasteiger partial charge on any atom is 0.248 e. The minimum absolute atomic E-state index is 0.294. The van der Waals surface area contributed by atoms with Crippen molar-refractivity contribution in [2.24, 2.45) is 5.73 Å². The van der Waals surface area contributed by atoms with E-state index in [1.54, 1.807) is 0 Å². The molecule has 4 nitrogen and oxygen atoms in total. The summed E-state index contributed by atoms with van der Waals surface area (Å²) in [5, 5.41) is 0. The lowest BCUT2D eigenvalue weighted by molar-refractivity contribution is 0.100. The first-order valence-electron chi connectivity index (χ1n) is 3.62. The third-order valence-electron chi connectivity index (χ3n) is 1.64. The average molecular weight is 179 g/mol. The van der Waals surface area contributed by atoms with Crippen LogP contribution in [-0.4, -0.2) is 19.3 Å². The Labute approximate surface area is 75.3 Å². The van der Waals surface area contributed by atoms with Gasteiger partial charge in [0.1, 0.15) is 5.75 Å². The van der Waals surface area contributed by atoms with Gasteiger partial charge in [-0.2, -0.15) is 0 Å². The molecule has 0 radical (unpaired) electrons. The third kappa shape index (κ3) is 1.84. The monoisotopic (exact) mass is 179 g/mol. The van der Waals surface area contributed by atoms with Crippen LogP contribution in [0.25, 0.3) is 0 Å². The molecule has 1 aromatic carbocycles. The van der Waals surface area contributed by atoms with E-state index < -0.39 is 5.91 Å². The van der Waals surface area contributed by atoms with Crippen LogP contribution in [0.4, 0.5) is 0 Å². The summed E-state index contributed by atoms with van der Waals surface area (Å²) in [5.74, 6) is -0.134. The molecule has 13 heavy (non-hydrogen) atoms. The number of nitrogens with two attached hydrogens (primary N) is 1. The van der Waals surface area contributed by atoms with Crippen LogP contribution in [-0.2, 0) is 0 Å². The molecule has 0 heterocycles. The van der Waals surface area contributed by atoms with Gasteiger partial charge in [0.15, 0.2) is 6.29 Å². The van der Waals surface area contributed by atoms with Crippen molar-refractivity contribution in [3.8, 4) is 5.75 Å². The van der Waals surface area contributed by atoms with Gasteiger partial charge in [-0.05, 0) is 18.2 Å². The van der Waals surface area contributed by atoms with Crippen LogP contribution in [0.15, 0.2) is 18.2 Å². The minimum Gasteiger partial charge on any atom is -0.496 e. The highest BCUT2D eigenvalue weighted by Crippen LogP contribution is 2.17. The van der Waals surface area contributed by atoms with Crippen molar-refractivity contribution in [1.82, 2.24) is 0 Å². The lowest BCUT2D eigenvalue weighted by atomic mass is 10.1. The number of hydrogen-bond acceptors (Lipinski definition) is 3. The Morgan fingerprint density at radius 1 is 1.54 bits per heavy atom. The van der Waals surface area contributed by atoms with E-state index in [1.807, 2.05) is 0 Å².